The third kappa shape index (κ3) is 8.22. The molecule has 3 heteroatoms. The molecule has 80 valence electrons. The van der Waals surface area contributed by atoms with Gasteiger partial charge in [0.15, 0.2) is 0 Å². The molecule has 0 aliphatic rings. The van der Waals surface area contributed by atoms with Gasteiger partial charge in [-0.3, -0.25) is 0 Å². The second-order valence-corrected chi connectivity index (χ2v) is 3.60. The van der Waals surface area contributed by atoms with Gasteiger partial charge >= 0.3 is 0 Å². The maximum Gasteiger partial charge on any atom is 0.0770 e. The quantitative estimate of drug-likeness (QED) is 0.497. The van der Waals surface area contributed by atoms with E-state index in [9.17, 15) is 0 Å². The van der Waals surface area contributed by atoms with Crippen LogP contribution in [0.3, 0.4) is 0 Å². The van der Waals surface area contributed by atoms with Crippen molar-refractivity contribution in [3.05, 3.63) is 0 Å². The fourth-order valence-corrected chi connectivity index (χ4v) is 1.09. The van der Waals surface area contributed by atoms with Gasteiger partial charge in [0.25, 0.3) is 0 Å². The highest BCUT2D eigenvalue weighted by atomic mass is 16.3. The molecular weight excluding hydrogens is 166 g/mol. The standard InChI is InChI=1S/C10H23NO2/c1-3-9(2)11-7-5-4-6-10(13)8-12/h9-13H,3-8H2,1-2H3/t9?,10-/m0/s1. The Hall–Kier alpha value is -0.120. The van der Waals surface area contributed by atoms with E-state index in [0.29, 0.717) is 12.5 Å². The SMILES string of the molecule is CCC(C)NCCCC[C@H](O)CO. The number of aliphatic hydroxyl groups is 2. The van der Waals surface area contributed by atoms with Crippen LogP contribution in [0, 0.1) is 0 Å². The lowest BCUT2D eigenvalue weighted by Gasteiger charge is -2.11. The molecule has 0 aliphatic carbocycles. The van der Waals surface area contributed by atoms with Gasteiger partial charge in [-0.25, -0.2) is 0 Å². The maximum absolute atomic E-state index is 9.04. The van der Waals surface area contributed by atoms with E-state index in [1.54, 1.807) is 0 Å². The molecule has 13 heavy (non-hydrogen) atoms. The van der Waals surface area contributed by atoms with Crippen LogP contribution in [-0.4, -0.2) is 35.5 Å². The molecule has 1 unspecified atom stereocenters. The van der Waals surface area contributed by atoms with Crippen molar-refractivity contribution in [1.82, 2.24) is 5.32 Å². The molecule has 2 atom stereocenters. The summed E-state index contributed by atoms with van der Waals surface area (Å²) in [6, 6.07) is 0.586. The molecular formula is C10H23NO2. The molecule has 0 amide bonds. The van der Waals surface area contributed by atoms with Gasteiger partial charge in [-0.15, -0.1) is 0 Å². The molecule has 0 saturated heterocycles. The summed E-state index contributed by atoms with van der Waals surface area (Å²) >= 11 is 0. The van der Waals surface area contributed by atoms with Crippen LogP contribution in [0.15, 0.2) is 0 Å². The first-order valence-corrected chi connectivity index (χ1v) is 5.23. The first-order chi connectivity index (χ1) is 6.20. The van der Waals surface area contributed by atoms with Crippen LogP contribution in [0.5, 0.6) is 0 Å². The monoisotopic (exact) mass is 189 g/mol. The highest BCUT2D eigenvalue weighted by molar-refractivity contribution is 4.59. The molecule has 0 rings (SSSR count). The molecule has 3 N–H and O–H groups in total. The molecule has 0 saturated carbocycles. The summed E-state index contributed by atoms with van der Waals surface area (Å²) in [5, 5.41) is 21.0. The van der Waals surface area contributed by atoms with Crippen molar-refractivity contribution < 1.29 is 10.2 Å². The zero-order valence-corrected chi connectivity index (χ0v) is 8.79. The lowest BCUT2D eigenvalue weighted by atomic mass is 10.1. The van der Waals surface area contributed by atoms with Crippen LogP contribution >= 0.6 is 0 Å². The zero-order valence-electron chi connectivity index (χ0n) is 8.79. The Morgan fingerprint density at radius 3 is 2.54 bits per heavy atom. The first-order valence-electron chi connectivity index (χ1n) is 5.23. The number of hydrogen-bond acceptors (Lipinski definition) is 3. The molecule has 0 fully saturated rings. The van der Waals surface area contributed by atoms with Crippen molar-refractivity contribution in [3.8, 4) is 0 Å². The number of nitrogens with one attached hydrogen (secondary N) is 1. The zero-order chi connectivity index (χ0) is 10.1. The Morgan fingerprint density at radius 2 is 2.00 bits per heavy atom. The number of aliphatic hydroxyl groups excluding tert-OH is 2. The Bertz CT molecular complexity index is 97.1. The number of unbranched alkanes of at least 4 members (excludes halogenated alkanes) is 1. The lowest BCUT2D eigenvalue weighted by molar-refractivity contribution is 0.0861. The molecule has 0 heterocycles. The van der Waals surface area contributed by atoms with E-state index in [-0.39, 0.29) is 6.61 Å². The van der Waals surface area contributed by atoms with Crippen molar-refractivity contribution in [1.29, 1.82) is 0 Å². The summed E-state index contributed by atoms with van der Waals surface area (Å²) in [6.45, 7) is 5.22. The molecule has 0 aromatic rings. The molecule has 0 bridgehead atoms. The van der Waals surface area contributed by atoms with Gasteiger partial charge in [0.05, 0.1) is 12.7 Å². The summed E-state index contributed by atoms with van der Waals surface area (Å²) < 4.78 is 0. The summed E-state index contributed by atoms with van der Waals surface area (Å²) in [5.74, 6) is 0. The normalized spacial score (nSPS) is 15.7. The van der Waals surface area contributed by atoms with Gasteiger partial charge in [-0.2, -0.15) is 0 Å². The van der Waals surface area contributed by atoms with Gasteiger partial charge in [-0.05, 0) is 39.2 Å². The van der Waals surface area contributed by atoms with E-state index in [4.69, 9.17) is 10.2 Å². The van der Waals surface area contributed by atoms with Gasteiger partial charge in [-0.1, -0.05) is 6.92 Å². The lowest BCUT2D eigenvalue weighted by Crippen LogP contribution is -2.26. The van der Waals surface area contributed by atoms with Crippen LogP contribution in [0.25, 0.3) is 0 Å². The topological polar surface area (TPSA) is 52.5 Å². The summed E-state index contributed by atoms with van der Waals surface area (Å²) in [4.78, 5) is 0. The van der Waals surface area contributed by atoms with Crippen molar-refractivity contribution in [2.75, 3.05) is 13.2 Å². The average Bonchev–Trinajstić information content (AvgIpc) is 2.16. The fourth-order valence-electron chi connectivity index (χ4n) is 1.09. The minimum Gasteiger partial charge on any atom is -0.394 e. The van der Waals surface area contributed by atoms with Gasteiger partial charge < -0.3 is 15.5 Å². The molecule has 0 radical (unpaired) electrons. The summed E-state index contributed by atoms with van der Waals surface area (Å²) in [5.41, 5.74) is 0. The first kappa shape index (κ1) is 12.9. The number of hydrogen-bond donors (Lipinski definition) is 3. The largest absolute Gasteiger partial charge is 0.394 e. The molecule has 0 aromatic heterocycles. The van der Waals surface area contributed by atoms with E-state index >= 15 is 0 Å². The van der Waals surface area contributed by atoms with Crippen LogP contribution in [0.2, 0.25) is 0 Å². The fraction of sp³-hybridized carbons (Fsp3) is 1.00. The van der Waals surface area contributed by atoms with Crippen molar-refractivity contribution in [2.24, 2.45) is 0 Å². The van der Waals surface area contributed by atoms with Crippen LogP contribution in [0.4, 0.5) is 0 Å². The average molecular weight is 189 g/mol. The van der Waals surface area contributed by atoms with E-state index in [2.05, 4.69) is 19.2 Å². The highest BCUT2D eigenvalue weighted by Gasteiger charge is 2.01. The predicted molar refractivity (Wildman–Crippen MR) is 54.7 cm³/mol. The minimum atomic E-state index is -0.524. The van der Waals surface area contributed by atoms with Crippen molar-refractivity contribution >= 4 is 0 Å². The summed E-state index contributed by atoms with van der Waals surface area (Å²) in [7, 11) is 0. The Balaban J connectivity index is 3.08. The second-order valence-electron chi connectivity index (χ2n) is 3.60. The second kappa shape index (κ2) is 8.48. The van der Waals surface area contributed by atoms with E-state index in [1.165, 1.54) is 0 Å². The molecule has 0 aliphatic heterocycles. The number of rotatable bonds is 8. The third-order valence-corrected chi connectivity index (χ3v) is 2.28. The van der Waals surface area contributed by atoms with Gasteiger partial charge in [0.1, 0.15) is 0 Å². The predicted octanol–water partition coefficient (Wildman–Crippen LogP) is 0.898. The van der Waals surface area contributed by atoms with Gasteiger partial charge in [0.2, 0.25) is 0 Å². The van der Waals surface area contributed by atoms with E-state index < -0.39 is 6.10 Å². The van der Waals surface area contributed by atoms with E-state index in [0.717, 1.165) is 25.8 Å². The Morgan fingerprint density at radius 1 is 1.31 bits per heavy atom. The highest BCUT2D eigenvalue weighted by Crippen LogP contribution is 1.99. The van der Waals surface area contributed by atoms with Crippen LogP contribution in [-0.2, 0) is 0 Å². The molecule has 0 spiro atoms. The maximum atomic E-state index is 9.04. The van der Waals surface area contributed by atoms with Gasteiger partial charge in [0, 0.05) is 6.04 Å². The smallest absolute Gasteiger partial charge is 0.0770 e. The summed E-state index contributed by atoms with van der Waals surface area (Å²) in [6.07, 6.45) is 3.38. The third-order valence-electron chi connectivity index (χ3n) is 2.28. The minimum absolute atomic E-state index is 0.112. The molecule has 3 nitrogen and oxygen atoms in total. The Kier molecular flexibility index (Phi) is 8.40. The van der Waals surface area contributed by atoms with Crippen molar-refractivity contribution in [3.63, 3.8) is 0 Å². The molecule has 0 aromatic carbocycles. The van der Waals surface area contributed by atoms with Crippen LogP contribution < -0.4 is 5.32 Å². The Labute approximate surface area is 81.2 Å². The van der Waals surface area contributed by atoms with Crippen LogP contribution in [0.1, 0.15) is 39.5 Å². The van der Waals surface area contributed by atoms with Crippen molar-refractivity contribution in [2.45, 2.75) is 51.7 Å². The van der Waals surface area contributed by atoms with E-state index in [1.807, 2.05) is 0 Å².